The number of likely N-dealkylation sites (tertiary alicyclic amines) is 1. The second kappa shape index (κ2) is 9.45. The number of rotatable bonds is 6. The number of hydrogen-bond donors (Lipinski definition) is 1. The van der Waals surface area contributed by atoms with E-state index in [4.69, 9.17) is 4.74 Å². The fraction of sp³-hybridized carbons (Fsp3) is 0.435. The van der Waals surface area contributed by atoms with Gasteiger partial charge in [-0.3, -0.25) is 0 Å². The Morgan fingerprint density at radius 2 is 1.74 bits per heavy atom. The van der Waals surface area contributed by atoms with Gasteiger partial charge in [-0.05, 0) is 67.9 Å². The molecule has 0 unspecified atom stereocenters. The van der Waals surface area contributed by atoms with E-state index in [0.717, 1.165) is 38.1 Å². The summed E-state index contributed by atoms with van der Waals surface area (Å²) in [6.07, 6.45) is 3.25. The minimum atomic E-state index is 0.0252. The van der Waals surface area contributed by atoms with Gasteiger partial charge in [-0.25, -0.2) is 4.79 Å². The first-order valence-corrected chi connectivity index (χ1v) is 9.88. The normalized spacial score (nSPS) is 14.8. The SMILES string of the molecule is Cc1cc(C)cc(OCCNC(=O)N2CCC(Cc3ccccc3)CC2)c1. The molecular formula is C23H30N2O2. The topological polar surface area (TPSA) is 41.6 Å². The smallest absolute Gasteiger partial charge is 0.317 e. The lowest BCUT2D eigenvalue weighted by molar-refractivity contribution is 0.168. The third kappa shape index (κ3) is 6.02. The zero-order valence-electron chi connectivity index (χ0n) is 16.4. The van der Waals surface area contributed by atoms with Gasteiger partial charge in [-0.15, -0.1) is 0 Å². The summed E-state index contributed by atoms with van der Waals surface area (Å²) in [5.41, 5.74) is 3.77. The van der Waals surface area contributed by atoms with E-state index >= 15 is 0 Å². The van der Waals surface area contributed by atoms with Crippen LogP contribution in [0.4, 0.5) is 4.79 Å². The van der Waals surface area contributed by atoms with E-state index in [-0.39, 0.29) is 6.03 Å². The van der Waals surface area contributed by atoms with Crippen LogP contribution in [0.1, 0.15) is 29.5 Å². The number of nitrogens with zero attached hydrogens (tertiary/aromatic N) is 1. The van der Waals surface area contributed by atoms with E-state index in [2.05, 4.69) is 55.6 Å². The summed E-state index contributed by atoms with van der Waals surface area (Å²) in [7, 11) is 0. The maximum absolute atomic E-state index is 12.3. The molecule has 144 valence electrons. The third-order valence-corrected chi connectivity index (χ3v) is 5.11. The minimum Gasteiger partial charge on any atom is -0.492 e. The van der Waals surface area contributed by atoms with Crippen molar-refractivity contribution in [3.63, 3.8) is 0 Å². The zero-order valence-corrected chi connectivity index (χ0v) is 16.4. The predicted octanol–water partition coefficient (Wildman–Crippen LogP) is 4.35. The largest absolute Gasteiger partial charge is 0.492 e. The summed E-state index contributed by atoms with van der Waals surface area (Å²) in [6.45, 7) is 6.80. The van der Waals surface area contributed by atoms with Gasteiger partial charge in [-0.2, -0.15) is 0 Å². The van der Waals surface area contributed by atoms with Crippen LogP contribution in [0.5, 0.6) is 5.75 Å². The molecule has 1 saturated heterocycles. The molecule has 4 heteroatoms. The van der Waals surface area contributed by atoms with Gasteiger partial charge in [0.05, 0.1) is 6.54 Å². The quantitative estimate of drug-likeness (QED) is 0.773. The van der Waals surface area contributed by atoms with E-state index in [1.54, 1.807) is 0 Å². The summed E-state index contributed by atoms with van der Waals surface area (Å²) < 4.78 is 5.76. The molecule has 0 radical (unpaired) electrons. The number of carbonyl (C=O) groups is 1. The Morgan fingerprint density at radius 1 is 1.07 bits per heavy atom. The predicted molar refractivity (Wildman–Crippen MR) is 109 cm³/mol. The molecule has 0 aromatic heterocycles. The molecule has 3 rings (SSSR count). The van der Waals surface area contributed by atoms with Crippen LogP contribution in [0.15, 0.2) is 48.5 Å². The van der Waals surface area contributed by atoms with Crippen molar-refractivity contribution in [3.8, 4) is 5.75 Å². The van der Waals surface area contributed by atoms with Crippen LogP contribution >= 0.6 is 0 Å². The molecule has 0 bridgehead atoms. The first-order chi connectivity index (χ1) is 13.1. The van der Waals surface area contributed by atoms with E-state index in [0.29, 0.717) is 19.1 Å². The summed E-state index contributed by atoms with van der Waals surface area (Å²) in [4.78, 5) is 14.3. The summed E-state index contributed by atoms with van der Waals surface area (Å²) in [5.74, 6) is 1.54. The van der Waals surface area contributed by atoms with Crippen molar-refractivity contribution in [1.29, 1.82) is 0 Å². The molecule has 1 fully saturated rings. The van der Waals surface area contributed by atoms with Crippen LogP contribution in [0.3, 0.4) is 0 Å². The van der Waals surface area contributed by atoms with Gasteiger partial charge < -0.3 is 15.0 Å². The number of piperidine rings is 1. The number of amides is 2. The Kier molecular flexibility index (Phi) is 6.74. The zero-order chi connectivity index (χ0) is 19.1. The molecular weight excluding hydrogens is 336 g/mol. The third-order valence-electron chi connectivity index (χ3n) is 5.11. The van der Waals surface area contributed by atoms with Gasteiger partial charge >= 0.3 is 6.03 Å². The molecule has 2 aromatic rings. The lowest BCUT2D eigenvalue weighted by atomic mass is 9.90. The van der Waals surface area contributed by atoms with Gasteiger partial charge in [0.2, 0.25) is 0 Å². The minimum absolute atomic E-state index is 0.0252. The number of nitrogens with one attached hydrogen (secondary N) is 1. The number of hydrogen-bond acceptors (Lipinski definition) is 2. The summed E-state index contributed by atoms with van der Waals surface area (Å²) >= 11 is 0. The van der Waals surface area contributed by atoms with Crippen molar-refractivity contribution in [2.75, 3.05) is 26.2 Å². The highest BCUT2D eigenvalue weighted by molar-refractivity contribution is 5.74. The molecule has 1 heterocycles. The molecule has 0 spiro atoms. The molecule has 0 aliphatic carbocycles. The van der Waals surface area contributed by atoms with Crippen LogP contribution in [-0.4, -0.2) is 37.2 Å². The van der Waals surface area contributed by atoms with Gasteiger partial charge in [0.1, 0.15) is 12.4 Å². The van der Waals surface area contributed by atoms with Crippen LogP contribution in [0.25, 0.3) is 0 Å². The van der Waals surface area contributed by atoms with E-state index in [1.807, 2.05) is 17.0 Å². The van der Waals surface area contributed by atoms with Crippen LogP contribution in [0.2, 0.25) is 0 Å². The van der Waals surface area contributed by atoms with Crippen LogP contribution < -0.4 is 10.1 Å². The highest BCUT2D eigenvalue weighted by atomic mass is 16.5. The van der Waals surface area contributed by atoms with Gasteiger partial charge in [0, 0.05) is 13.1 Å². The molecule has 2 aromatic carbocycles. The van der Waals surface area contributed by atoms with Crippen molar-refractivity contribution in [3.05, 3.63) is 65.2 Å². The average molecular weight is 367 g/mol. The fourth-order valence-electron chi connectivity index (χ4n) is 3.74. The number of ether oxygens (including phenoxy) is 1. The standard InChI is InChI=1S/C23H30N2O2/c1-18-14-19(2)16-22(15-18)27-13-10-24-23(26)25-11-8-21(9-12-25)17-20-6-4-3-5-7-20/h3-7,14-16,21H,8-13,17H2,1-2H3,(H,24,26). The Labute approximate surface area is 162 Å². The molecule has 1 N–H and O–H groups in total. The highest BCUT2D eigenvalue weighted by Crippen LogP contribution is 2.21. The maximum atomic E-state index is 12.3. The van der Waals surface area contributed by atoms with E-state index < -0.39 is 0 Å². The van der Waals surface area contributed by atoms with Crippen LogP contribution in [-0.2, 0) is 6.42 Å². The molecule has 2 amide bonds. The van der Waals surface area contributed by atoms with Gasteiger partial charge in [-0.1, -0.05) is 36.4 Å². The number of urea groups is 1. The molecule has 0 atom stereocenters. The fourth-order valence-corrected chi connectivity index (χ4v) is 3.74. The lowest BCUT2D eigenvalue weighted by Crippen LogP contribution is -2.45. The van der Waals surface area contributed by atoms with Crippen molar-refractivity contribution in [2.24, 2.45) is 5.92 Å². The number of benzene rings is 2. The second-order valence-corrected chi connectivity index (χ2v) is 7.52. The van der Waals surface area contributed by atoms with Crippen LogP contribution in [0, 0.1) is 19.8 Å². The Hall–Kier alpha value is -2.49. The van der Waals surface area contributed by atoms with Gasteiger partial charge in [0.15, 0.2) is 0 Å². The second-order valence-electron chi connectivity index (χ2n) is 7.52. The first kappa shape index (κ1) is 19.3. The molecule has 0 saturated carbocycles. The Morgan fingerprint density at radius 3 is 2.41 bits per heavy atom. The Bertz CT molecular complexity index is 717. The molecule has 4 nitrogen and oxygen atoms in total. The first-order valence-electron chi connectivity index (χ1n) is 9.88. The molecule has 27 heavy (non-hydrogen) atoms. The monoisotopic (exact) mass is 366 g/mol. The number of carbonyl (C=O) groups excluding carboxylic acids is 1. The molecule has 1 aliphatic rings. The molecule has 1 aliphatic heterocycles. The summed E-state index contributed by atoms with van der Waals surface area (Å²) in [5, 5.41) is 2.98. The van der Waals surface area contributed by atoms with Crippen molar-refractivity contribution < 1.29 is 9.53 Å². The van der Waals surface area contributed by atoms with E-state index in [1.165, 1.54) is 16.7 Å². The van der Waals surface area contributed by atoms with E-state index in [9.17, 15) is 4.79 Å². The maximum Gasteiger partial charge on any atom is 0.317 e. The van der Waals surface area contributed by atoms with Crippen molar-refractivity contribution >= 4 is 6.03 Å². The van der Waals surface area contributed by atoms with Crippen molar-refractivity contribution in [2.45, 2.75) is 33.1 Å². The highest BCUT2D eigenvalue weighted by Gasteiger charge is 2.22. The van der Waals surface area contributed by atoms with Gasteiger partial charge in [0.25, 0.3) is 0 Å². The van der Waals surface area contributed by atoms with Crippen molar-refractivity contribution in [1.82, 2.24) is 10.2 Å². The number of aryl methyl sites for hydroxylation is 2. The summed E-state index contributed by atoms with van der Waals surface area (Å²) in [6, 6.07) is 16.8. The Balaban J connectivity index is 1.34. The average Bonchev–Trinajstić information content (AvgIpc) is 2.66. The lowest BCUT2D eigenvalue weighted by Gasteiger charge is -2.32.